The Kier molecular flexibility index (Phi) is 7.54. The molecular formula is C57H33N3O2. The molecule has 0 N–H and O–H groups in total. The van der Waals surface area contributed by atoms with Gasteiger partial charge in [-0.3, -0.25) is 0 Å². The van der Waals surface area contributed by atoms with Crippen LogP contribution in [0.5, 0.6) is 0 Å². The van der Waals surface area contributed by atoms with Crippen LogP contribution in [-0.4, -0.2) is 15.0 Å². The SMILES string of the molecule is c1ccc(-c2ccc3cc(-c4nc(-c5cc6oc7ccccc7c6c6ccccc56)nc(-c5ccc(-c6cccc7ccccc67)c6oc7ccccc7c56)n4)ccc3c2)cc1. The summed E-state index contributed by atoms with van der Waals surface area (Å²) in [6.07, 6.45) is 0. The number of para-hydroxylation sites is 2. The van der Waals surface area contributed by atoms with Crippen LogP contribution in [0.3, 0.4) is 0 Å². The van der Waals surface area contributed by atoms with Gasteiger partial charge in [-0.25, -0.2) is 15.0 Å². The quantitative estimate of drug-likeness (QED) is 0.174. The van der Waals surface area contributed by atoms with Crippen LogP contribution < -0.4 is 0 Å². The van der Waals surface area contributed by atoms with Crippen molar-refractivity contribution < 1.29 is 8.83 Å². The fourth-order valence-electron chi connectivity index (χ4n) is 9.40. The lowest BCUT2D eigenvalue weighted by Crippen LogP contribution is -2.01. The molecular weight excluding hydrogens is 759 g/mol. The summed E-state index contributed by atoms with van der Waals surface area (Å²) in [5.74, 6) is 1.69. The van der Waals surface area contributed by atoms with Gasteiger partial charge >= 0.3 is 0 Å². The van der Waals surface area contributed by atoms with Crippen LogP contribution in [0, 0.1) is 0 Å². The summed E-state index contributed by atoms with van der Waals surface area (Å²) in [4.78, 5) is 16.1. The first kappa shape index (κ1) is 34.5. The average Bonchev–Trinajstić information content (AvgIpc) is 3.92. The van der Waals surface area contributed by atoms with Crippen molar-refractivity contribution in [2.75, 3.05) is 0 Å². The fraction of sp³-hybridized carbons (Fsp3) is 0. The van der Waals surface area contributed by atoms with Crippen LogP contribution in [0.2, 0.25) is 0 Å². The number of fused-ring (bicyclic) bond motifs is 10. The Morgan fingerprint density at radius 3 is 1.66 bits per heavy atom. The number of hydrogen-bond donors (Lipinski definition) is 0. The van der Waals surface area contributed by atoms with Gasteiger partial charge in [0.25, 0.3) is 0 Å². The molecule has 0 atom stereocenters. The molecule has 10 aromatic carbocycles. The Morgan fingerprint density at radius 1 is 0.274 bits per heavy atom. The molecule has 0 saturated carbocycles. The molecule has 0 fully saturated rings. The van der Waals surface area contributed by atoms with Crippen LogP contribution in [0.4, 0.5) is 0 Å². The molecule has 0 saturated heterocycles. The first-order chi connectivity index (χ1) is 30.7. The molecule has 0 bridgehead atoms. The van der Waals surface area contributed by atoms with Gasteiger partial charge in [-0.2, -0.15) is 0 Å². The number of benzene rings is 10. The van der Waals surface area contributed by atoms with Gasteiger partial charge in [0.05, 0.1) is 0 Å². The third kappa shape index (κ3) is 5.38. The Hall–Kier alpha value is -8.41. The van der Waals surface area contributed by atoms with E-state index < -0.39 is 0 Å². The highest BCUT2D eigenvalue weighted by atomic mass is 16.3. The van der Waals surface area contributed by atoms with E-state index in [0.29, 0.717) is 17.5 Å². The second-order valence-electron chi connectivity index (χ2n) is 15.9. The van der Waals surface area contributed by atoms with Crippen molar-refractivity contribution in [2.24, 2.45) is 0 Å². The summed E-state index contributed by atoms with van der Waals surface area (Å²) in [7, 11) is 0. The molecule has 5 heteroatoms. The van der Waals surface area contributed by atoms with E-state index in [4.69, 9.17) is 23.8 Å². The van der Waals surface area contributed by atoms with Crippen LogP contribution in [-0.2, 0) is 0 Å². The predicted molar refractivity (Wildman–Crippen MR) is 254 cm³/mol. The summed E-state index contributed by atoms with van der Waals surface area (Å²) >= 11 is 0. The van der Waals surface area contributed by atoms with E-state index in [1.165, 1.54) is 16.5 Å². The lowest BCUT2D eigenvalue weighted by molar-refractivity contribution is 0.669. The lowest BCUT2D eigenvalue weighted by atomic mass is 9.94. The molecule has 5 nitrogen and oxygen atoms in total. The van der Waals surface area contributed by atoms with Crippen molar-refractivity contribution >= 4 is 76.2 Å². The average molecular weight is 792 g/mol. The highest BCUT2D eigenvalue weighted by Gasteiger charge is 2.23. The molecule has 0 radical (unpaired) electrons. The lowest BCUT2D eigenvalue weighted by Gasteiger charge is -2.13. The van der Waals surface area contributed by atoms with Crippen molar-refractivity contribution in [3.63, 3.8) is 0 Å². The summed E-state index contributed by atoms with van der Waals surface area (Å²) in [6, 6.07) is 69.8. The van der Waals surface area contributed by atoms with Crippen LogP contribution in [0.25, 0.3) is 133 Å². The standard InChI is InChI=1S/C57H33N3O2/c1-2-13-34(14-3-1)36-25-26-38-32-39(28-27-37(38)31-36)55-58-56(60-57(59-55)48-33-51-52(43-19-7-6-18-42(43)48)45-20-8-10-23-49(45)61-51)47-30-29-44(41-22-12-16-35-15-4-5-17-40(35)41)54-53(47)46-21-9-11-24-50(46)62-54/h1-33H. The zero-order valence-corrected chi connectivity index (χ0v) is 33.2. The maximum Gasteiger partial charge on any atom is 0.164 e. The summed E-state index contributed by atoms with van der Waals surface area (Å²) in [6.45, 7) is 0. The molecule has 0 aliphatic carbocycles. The molecule has 3 aromatic heterocycles. The predicted octanol–water partition coefficient (Wildman–Crippen LogP) is 15.5. The normalized spacial score (nSPS) is 11.9. The second kappa shape index (κ2) is 13.6. The van der Waals surface area contributed by atoms with E-state index in [2.05, 4.69) is 170 Å². The highest BCUT2D eigenvalue weighted by molar-refractivity contribution is 6.22. The van der Waals surface area contributed by atoms with Gasteiger partial charge in [0.2, 0.25) is 0 Å². The molecule has 0 aliphatic rings. The number of aromatic nitrogens is 3. The third-order valence-electron chi connectivity index (χ3n) is 12.3. The van der Waals surface area contributed by atoms with Crippen molar-refractivity contribution in [1.29, 1.82) is 0 Å². The Morgan fingerprint density at radius 2 is 0.855 bits per heavy atom. The first-order valence-corrected chi connectivity index (χ1v) is 20.8. The highest BCUT2D eigenvalue weighted by Crippen LogP contribution is 2.44. The largest absolute Gasteiger partial charge is 0.456 e. The van der Waals surface area contributed by atoms with E-state index in [-0.39, 0.29) is 0 Å². The monoisotopic (exact) mass is 791 g/mol. The molecule has 13 aromatic rings. The summed E-state index contributed by atoms with van der Waals surface area (Å²) in [5, 5.41) is 10.8. The number of furan rings is 2. The van der Waals surface area contributed by atoms with Gasteiger partial charge in [0.15, 0.2) is 17.5 Å². The smallest absolute Gasteiger partial charge is 0.164 e. The molecule has 288 valence electrons. The zero-order chi connectivity index (χ0) is 40.7. The van der Waals surface area contributed by atoms with Gasteiger partial charge in [-0.15, -0.1) is 0 Å². The fourth-order valence-corrected chi connectivity index (χ4v) is 9.40. The summed E-state index contributed by atoms with van der Waals surface area (Å²) in [5.41, 5.74) is 10.3. The Labute approximate surface area is 355 Å². The zero-order valence-electron chi connectivity index (χ0n) is 33.2. The van der Waals surface area contributed by atoms with E-state index in [9.17, 15) is 0 Å². The van der Waals surface area contributed by atoms with Crippen molar-refractivity contribution in [2.45, 2.75) is 0 Å². The third-order valence-corrected chi connectivity index (χ3v) is 12.3. The Bertz CT molecular complexity index is 3930. The molecule has 62 heavy (non-hydrogen) atoms. The molecule has 13 rings (SSSR count). The van der Waals surface area contributed by atoms with Gasteiger partial charge < -0.3 is 8.83 Å². The molecule has 0 amide bonds. The minimum absolute atomic E-state index is 0.555. The minimum Gasteiger partial charge on any atom is -0.456 e. The van der Waals surface area contributed by atoms with Gasteiger partial charge in [0.1, 0.15) is 22.3 Å². The summed E-state index contributed by atoms with van der Waals surface area (Å²) < 4.78 is 13.4. The van der Waals surface area contributed by atoms with Gasteiger partial charge in [-0.1, -0.05) is 158 Å². The van der Waals surface area contributed by atoms with Crippen molar-refractivity contribution in [3.8, 4) is 56.4 Å². The van der Waals surface area contributed by atoms with Gasteiger partial charge in [-0.05, 0) is 91.5 Å². The Balaban J connectivity index is 1.08. The van der Waals surface area contributed by atoms with Crippen LogP contribution >= 0.6 is 0 Å². The van der Waals surface area contributed by atoms with Crippen molar-refractivity contribution in [1.82, 2.24) is 15.0 Å². The minimum atomic E-state index is 0.555. The topological polar surface area (TPSA) is 65.0 Å². The number of nitrogens with zero attached hydrogens (tertiary/aromatic N) is 3. The second-order valence-corrected chi connectivity index (χ2v) is 15.9. The van der Waals surface area contributed by atoms with E-state index in [1.54, 1.807) is 0 Å². The van der Waals surface area contributed by atoms with E-state index in [0.717, 1.165) is 98.6 Å². The number of hydrogen-bond acceptors (Lipinski definition) is 5. The van der Waals surface area contributed by atoms with Crippen molar-refractivity contribution in [3.05, 3.63) is 200 Å². The molecule has 3 heterocycles. The molecule has 0 unspecified atom stereocenters. The van der Waals surface area contributed by atoms with Crippen LogP contribution in [0.15, 0.2) is 209 Å². The molecule has 0 aliphatic heterocycles. The first-order valence-electron chi connectivity index (χ1n) is 20.8. The molecule has 0 spiro atoms. The van der Waals surface area contributed by atoms with Crippen LogP contribution in [0.1, 0.15) is 0 Å². The van der Waals surface area contributed by atoms with E-state index in [1.807, 2.05) is 30.3 Å². The van der Waals surface area contributed by atoms with Gasteiger partial charge in [0, 0.05) is 43.8 Å². The van der Waals surface area contributed by atoms with E-state index >= 15 is 0 Å². The number of rotatable bonds is 5. The maximum absolute atomic E-state index is 6.82. The maximum atomic E-state index is 6.82.